The Labute approximate surface area is 148 Å². The van der Waals surface area contributed by atoms with Crippen LogP contribution < -0.4 is 10.1 Å². The highest BCUT2D eigenvalue weighted by atomic mass is 35.5. The summed E-state index contributed by atoms with van der Waals surface area (Å²) >= 11 is 5.80. The number of pyridine rings is 1. The van der Waals surface area contributed by atoms with Crippen LogP contribution in [0.5, 0.6) is 5.75 Å². The van der Waals surface area contributed by atoms with Gasteiger partial charge in [0, 0.05) is 12.7 Å². The van der Waals surface area contributed by atoms with E-state index < -0.39 is 17.8 Å². The number of alkyl halides is 3. The minimum Gasteiger partial charge on any atom is -0.490 e. The number of nitrogens with one attached hydrogen (secondary N) is 1. The van der Waals surface area contributed by atoms with Crippen LogP contribution in [0.25, 0.3) is 0 Å². The molecule has 0 aliphatic heterocycles. The molecule has 0 aliphatic rings. The monoisotopic (exact) mass is 374 g/mol. The van der Waals surface area contributed by atoms with Gasteiger partial charge in [-0.3, -0.25) is 0 Å². The van der Waals surface area contributed by atoms with E-state index >= 15 is 0 Å². The Bertz CT molecular complexity index is 718. The van der Waals surface area contributed by atoms with E-state index in [9.17, 15) is 18.3 Å². The lowest BCUT2D eigenvalue weighted by molar-refractivity contribution is -0.137. The van der Waals surface area contributed by atoms with E-state index in [4.69, 9.17) is 16.3 Å². The van der Waals surface area contributed by atoms with Crippen LogP contribution in [-0.2, 0) is 6.18 Å². The molecule has 2 rings (SSSR count). The number of aliphatic hydroxyl groups is 1. The largest absolute Gasteiger partial charge is 0.490 e. The van der Waals surface area contributed by atoms with Crippen molar-refractivity contribution < 1.29 is 23.0 Å². The molecule has 25 heavy (non-hydrogen) atoms. The highest BCUT2D eigenvalue weighted by molar-refractivity contribution is 6.32. The van der Waals surface area contributed by atoms with Crippen molar-refractivity contribution >= 4 is 17.4 Å². The zero-order valence-electron chi connectivity index (χ0n) is 13.7. The molecule has 136 valence electrons. The minimum absolute atomic E-state index is 0.0247. The van der Waals surface area contributed by atoms with Crippen molar-refractivity contribution in [2.45, 2.75) is 26.1 Å². The molecule has 2 N–H and O–H groups in total. The van der Waals surface area contributed by atoms with Crippen molar-refractivity contribution in [3.8, 4) is 5.75 Å². The molecule has 8 heteroatoms. The van der Waals surface area contributed by atoms with E-state index in [1.54, 1.807) is 0 Å². The van der Waals surface area contributed by atoms with Gasteiger partial charge in [-0.1, -0.05) is 29.8 Å². The Balaban J connectivity index is 1.91. The summed E-state index contributed by atoms with van der Waals surface area (Å²) in [5.74, 6) is 0.771. The van der Waals surface area contributed by atoms with Gasteiger partial charge >= 0.3 is 6.18 Å². The molecule has 0 saturated carbocycles. The maximum Gasteiger partial charge on any atom is 0.417 e. The summed E-state index contributed by atoms with van der Waals surface area (Å²) < 4.78 is 43.3. The van der Waals surface area contributed by atoms with Crippen LogP contribution in [0.1, 0.15) is 16.7 Å². The third kappa shape index (κ3) is 5.24. The lowest BCUT2D eigenvalue weighted by atomic mass is 10.1. The molecule has 0 radical (unpaired) electrons. The fraction of sp³-hybridized carbons (Fsp3) is 0.353. The third-order valence-corrected chi connectivity index (χ3v) is 3.79. The van der Waals surface area contributed by atoms with Crippen molar-refractivity contribution in [3.05, 3.63) is 52.2 Å². The van der Waals surface area contributed by atoms with Crippen molar-refractivity contribution in [2.75, 3.05) is 18.5 Å². The topological polar surface area (TPSA) is 54.4 Å². The van der Waals surface area contributed by atoms with Gasteiger partial charge in [0.05, 0.1) is 10.6 Å². The van der Waals surface area contributed by atoms with Crippen molar-refractivity contribution in [1.82, 2.24) is 4.98 Å². The first kappa shape index (κ1) is 19.3. The molecular formula is C17H18ClF3N2O2. The molecule has 0 amide bonds. The molecule has 0 bridgehead atoms. The van der Waals surface area contributed by atoms with E-state index in [0.29, 0.717) is 11.9 Å². The van der Waals surface area contributed by atoms with E-state index in [2.05, 4.69) is 10.3 Å². The number of hydrogen-bond donors (Lipinski definition) is 2. The quantitative estimate of drug-likeness (QED) is 0.794. The second-order valence-electron chi connectivity index (χ2n) is 5.62. The van der Waals surface area contributed by atoms with Gasteiger partial charge in [0.25, 0.3) is 0 Å². The van der Waals surface area contributed by atoms with Gasteiger partial charge in [0.1, 0.15) is 24.3 Å². The van der Waals surface area contributed by atoms with Gasteiger partial charge < -0.3 is 15.2 Å². The van der Waals surface area contributed by atoms with Crippen molar-refractivity contribution in [1.29, 1.82) is 0 Å². The molecule has 1 heterocycles. The van der Waals surface area contributed by atoms with E-state index in [1.165, 1.54) is 0 Å². The molecule has 2 aromatic rings. The normalized spacial score (nSPS) is 12.8. The van der Waals surface area contributed by atoms with Crippen LogP contribution in [0.2, 0.25) is 5.02 Å². The number of ether oxygens (including phenoxy) is 1. The SMILES string of the molecule is Cc1cccc(C)c1OC[C@@H](O)CNc1ncc(C(F)(F)F)cc1Cl. The summed E-state index contributed by atoms with van der Waals surface area (Å²) in [4.78, 5) is 3.65. The molecule has 1 aromatic carbocycles. The second-order valence-corrected chi connectivity index (χ2v) is 6.03. The fourth-order valence-electron chi connectivity index (χ4n) is 2.20. The minimum atomic E-state index is -4.51. The summed E-state index contributed by atoms with van der Waals surface area (Å²) in [6.07, 6.45) is -4.71. The average Bonchev–Trinajstić information content (AvgIpc) is 2.52. The van der Waals surface area contributed by atoms with E-state index in [1.807, 2.05) is 32.0 Å². The van der Waals surface area contributed by atoms with E-state index in [-0.39, 0.29) is 24.0 Å². The Morgan fingerprint density at radius 2 is 1.92 bits per heavy atom. The molecule has 1 atom stereocenters. The number of halogens is 4. The molecule has 4 nitrogen and oxygen atoms in total. The molecule has 1 aromatic heterocycles. The standard InChI is InChI=1S/C17H18ClF3N2O2/c1-10-4-3-5-11(2)15(10)25-9-13(24)8-23-16-14(18)6-12(7-22-16)17(19,20)21/h3-7,13,24H,8-9H2,1-2H3,(H,22,23)/t13-/m0/s1. The first-order chi connectivity index (χ1) is 11.7. The summed E-state index contributed by atoms with van der Waals surface area (Å²) in [6.45, 7) is 3.86. The number of rotatable bonds is 6. The van der Waals surface area contributed by atoms with Crippen molar-refractivity contribution in [3.63, 3.8) is 0 Å². The Morgan fingerprint density at radius 1 is 1.28 bits per heavy atom. The number of para-hydroxylation sites is 1. The molecular weight excluding hydrogens is 357 g/mol. The third-order valence-electron chi connectivity index (χ3n) is 3.50. The lowest BCUT2D eigenvalue weighted by Crippen LogP contribution is -2.27. The highest BCUT2D eigenvalue weighted by Crippen LogP contribution is 2.32. The maximum atomic E-state index is 12.6. The lowest BCUT2D eigenvalue weighted by Gasteiger charge is -2.17. The molecule has 0 aliphatic carbocycles. The Hall–Kier alpha value is -1.99. The summed E-state index contributed by atoms with van der Waals surface area (Å²) in [7, 11) is 0. The highest BCUT2D eigenvalue weighted by Gasteiger charge is 2.31. The number of anilines is 1. The second kappa shape index (κ2) is 7.93. The number of benzene rings is 1. The first-order valence-electron chi connectivity index (χ1n) is 7.52. The van der Waals surface area contributed by atoms with Gasteiger partial charge in [-0.25, -0.2) is 4.98 Å². The van der Waals surface area contributed by atoms with Crippen LogP contribution in [0.4, 0.5) is 19.0 Å². The van der Waals surface area contributed by atoms with E-state index in [0.717, 1.165) is 17.2 Å². The number of aromatic nitrogens is 1. The summed E-state index contributed by atoms with van der Waals surface area (Å²) in [6, 6.07) is 6.50. The van der Waals surface area contributed by atoms with Gasteiger partial charge in [0.2, 0.25) is 0 Å². The van der Waals surface area contributed by atoms with Crippen LogP contribution in [0.15, 0.2) is 30.5 Å². The van der Waals surface area contributed by atoms with Gasteiger partial charge in [0.15, 0.2) is 0 Å². The molecule has 0 spiro atoms. The number of hydrogen-bond acceptors (Lipinski definition) is 4. The molecule has 0 unspecified atom stereocenters. The number of aliphatic hydroxyl groups excluding tert-OH is 1. The Morgan fingerprint density at radius 3 is 2.48 bits per heavy atom. The first-order valence-corrected chi connectivity index (χ1v) is 7.90. The molecule has 0 fully saturated rings. The van der Waals surface area contributed by atoms with Gasteiger partial charge in [-0.2, -0.15) is 13.2 Å². The maximum absolute atomic E-state index is 12.6. The predicted octanol–water partition coefficient (Wildman–Crippen LogP) is 4.22. The summed E-state index contributed by atoms with van der Waals surface area (Å²) in [5, 5.41) is 12.5. The zero-order valence-corrected chi connectivity index (χ0v) is 14.4. The van der Waals surface area contributed by atoms with Crippen LogP contribution >= 0.6 is 11.6 Å². The number of nitrogens with zero attached hydrogens (tertiary/aromatic N) is 1. The number of aryl methyl sites for hydroxylation is 2. The van der Waals surface area contributed by atoms with Gasteiger partial charge in [-0.05, 0) is 31.0 Å². The van der Waals surface area contributed by atoms with Crippen LogP contribution in [0, 0.1) is 13.8 Å². The molecule has 0 saturated heterocycles. The van der Waals surface area contributed by atoms with Crippen LogP contribution in [-0.4, -0.2) is 29.3 Å². The predicted molar refractivity (Wildman–Crippen MR) is 90.2 cm³/mol. The summed E-state index contributed by atoms with van der Waals surface area (Å²) in [5.41, 5.74) is 0.974. The van der Waals surface area contributed by atoms with Gasteiger partial charge in [-0.15, -0.1) is 0 Å². The zero-order chi connectivity index (χ0) is 18.6. The van der Waals surface area contributed by atoms with Crippen molar-refractivity contribution in [2.24, 2.45) is 0 Å². The fourth-order valence-corrected chi connectivity index (χ4v) is 2.44. The average molecular weight is 375 g/mol. The Kier molecular flexibility index (Phi) is 6.13. The van der Waals surface area contributed by atoms with Crippen LogP contribution in [0.3, 0.4) is 0 Å². The smallest absolute Gasteiger partial charge is 0.417 e.